The monoisotopic (exact) mass is 456 g/mol. The van der Waals surface area contributed by atoms with Gasteiger partial charge in [0.05, 0.1) is 12.8 Å². The van der Waals surface area contributed by atoms with Crippen LogP contribution in [0.4, 0.5) is 0 Å². The lowest BCUT2D eigenvalue weighted by molar-refractivity contribution is -0.250. The second kappa shape index (κ2) is 8.88. The standard InChI is InChI=1S/C24H40O4S2/c1-21(2,27-19(25)7-9-29-5)23-12-17-11-18(13-23)15-24(14-17,16-23)22(3,4)28-20(26)8-10-30-6/h17-18H,7-16H2,1-6H3. The number of ether oxygens (including phenoxy) is 2. The molecule has 0 aromatic heterocycles. The van der Waals surface area contributed by atoms with E-state index in [9.17, 15) is 9.59 Å². The van der Waals surface area contributed by atoms with Gasteiger partial charge in [0.15, 0.2) is 0 Å². The van der Waals surface area contributed by atoms with Crippen molar-refractivity contribution in [2.75, 3.05) is 24.0 Å². The maximum absolute atomic E-state index is 12.5. The van der Waals surface area contributed by atoms with Crippen LogP contribution in [0.25, 0.3) is 0 Å². The third kappa shape index (κ3) is 4.55. The number of carbonyl (C=O) groups is 2. The van der Waals surface area contributed by atoms with Crippen LogP contribution >= 0.6 is 23.5 Å². The Morgan fingerprint density at radius 2 is 1.17 bits per heavy atom. The Hall–Kier alpha value is -0.360. The van der Waals surface area contributed by atoms with Crippen molar-refractivity contribution in [3.63, 3.8) is 0 Å². The summed E-state index contributed by atoms with van der Waals surface area (Å²) in [6, 6.07) is 0. The molecule has 0 heterocycles. The summed E-state index contributed by atoms with van der Waals surface area (Å²) in [5.41, 5.74) is -1.03. The lowest BCUT2D eigenvalue weighted by Crippen LogP contribution is -2.65. The fourth-order valence-electron chi connectivity index (χ4n) is 6.93. The predicted molar refractivity (Wildman–Crippen MR) is 126 cm³/mol. The van der Waals surface area contributed by atoms with Crippen LogP contribution in [-0.4, -0.2) is 47.2 Å². The fraction of sp³-hybridized carbons (Fsp3) is 0.917. The molecule has 0 saturated heterocycles. The normalized spacial score (nSPS) is 32.9. The van der Waals surface area contributed by atoms with Crippen molar-refractivity contribution in [3.8, 4) is 0 Å². The largest absolute Gasteiger partial charge is 0.459 e. The molecule has 0 aliphatic heterocycles. The molecule has 6 heteroatoms. The summed E-state index contributed by atoms with van der Waals surface area (Å²) in [7, 11) is 0. The number of hydrogen-bond acceptors (Lipinski definition) is 6. The molecule has 4 bridgehead atoms. The second-order valence-electron chi connectivity index (χ2n) is 11.0. The molecule has 0 atom stereocenters. The highest BCUT2D eigenvalue weighted by molar-refractivity contribution is 7.98. The van der Waals surface area contributed by atoms with Gasteiger partial charge in [0.2, 0.25) is 0 Å². The van der Waals surface area contributed by atoms with Crippen molar-refractivity contribution in [1.82, 2.24) is 0 Å². The summed E-state index contributed by atoms with van der Waals surface area (Å²) in [5.74, 6) is 2.72. The van der Waals surface area contributed by atoms with Gasteiger partial charge in [-0.25, -0.2) is 0 Å². The van der Waals surface area contributed by atoms with Crippen LogP contribution in [0, 0.1) is 22.7 Å². The van der Waals surface area contributed by atoms with E-state index in [4.69, 9.17) is 9.47 Å². The third-order valence-corrected chi connectivity index (χ3v) is 9.60. The molecule has 4 fully saturated rings. The van der Waals surface area contributed by atoms with Crippen molar-refractivity contribution in [2.24, 2.45) is 22.7 Å². The minimum absolute atomic E-state index is 0.0188. The molecule has 4 rings (SSSR count). The first-order valence-corrected chi connectivity index (χ1v) is 14.2. The van der Waals surface area contributed by atoms with Crippen LogP contribution in [0.3, 0.4) is 0 Å². The Balaban J connectivity index is 1.82. The first-order chi connectivity index (χ1) is 14.0. The van der Waals surface area contributed by atoms with Crippen LogP contribution in [0.5, 0.6) is 0 Å². The zero-order valence-electron chi connectivity index (χ0n) is 19.7. The zero-order chi connectivity index (χ0) is 22.2. The molecule has 0 aromatic carbocycles. The molecule has 0 unspecified atom stereocenters. The highest BCUT2D eigenvalue weighted by Crippen LogP contribution is 2.71. The van der Waals surface area contributed by atoms with E-state index in [0.717, 1.165) is 43.6 Å². The SMILES string of the molecule is CSCCC(=O)OC(C)(C)C12CC3CC(C1)CC(C(C)(C)OC(=O)CCSC)(C3)C2. The second-order valence-corrected chi connectivity index (χ2v) is 12.9. The zero-order valence-corrected chi connectivity index (χ0v) is 21.3. The van der Waals surface area contributed by atoms with Gasteiger partial charge in [0.25, 0.3) is 0 Å². The van der Waals surface area contributed by atoms with Crippen molar-refractivity contribution in [2.45, 2.75) is 90.3 Å². The molecule has 4 aliphatic rings. The molecule has 30 heavy (non-hydrogen) atoms. The summed E-state index contributed by atoms with van der Waals surface area (Å²) in [6.45, 7) is 8.51. The fourth-order valence-corrected chi connectivity index (χ4v) is 7.67. The smallest absolute Gasteiger partial charge is 0.307 e. The van der Waals surface area contributed by atoms with Crippen LogP contribution in [0.15, 0.2) is 0 Å². The van der Waals surface area contributed by atoms with Crippen molar-refractivity contribution >= 4 is 35.5 Å². The van der Waals surface area contributed by atoms with Gasteiger partial charge in [-0.3, -0.25) is 9.59 Å². The lowest BCUT2D eigenvalue weighted by Gasteiger charge is -2.68. The summed E-state index contributed by atoms with van der Waals surface area (Å²) in [6.07, 6.45) is 11.8. The first kappa shape index (κ1) is 24.3. The quantitative estimate of drug-likeness (QED) is 0.392. The third-order valence-electron chi connectivity index (χ3n) is 8.37. The number of carbonyl (C=O) groups excluding carboxylic acids is 2. The number of esters is 2. The number of hydrogen-bond donors (Lipinski definition) is 0. The van der Waals surface area contributed by atoms with Gasteiger partial charge in [-0.1, -0.05) is 0 Å². The van der Waals surface area contributed by atoms with Crippen molar-refractivity contribution in [1.29, 1.82) is 0 Å². The average Bonchev–Trinajstić information content (AvgIpc) is 2.62. The van der Waals surface area contributed by atoms with Crippen LogP contribution in [-0.2, 0) is 19.1 Å². The topological polar surface area (TPSA) is 52.6 Å². The Bertz CT molecular complexity index is 592. The molecule has 0 N–H and O–H groups in total. The molecule has 0 radical (unpaired) electrons. The van der Waals surface area contributed by atoms with E-state index in [0.29, 0.717) is 24.7 Å². The van der Waals surface area contributed by atoms with Gasteiger partial charge >= 0.3 is 11.9 Å². The Labute approximate surface area is 191 Å². The summed E-state index contributed by atoms with van der Waals surface area (Å²) >= 11 is 3.36. The van der Waals surface area contributed by atoms with E-state index in [-0.39, 0.29) is 22.8 Å². The number of thioether (sulfide) groups is 2. The van der Waals surface area contributed by atoms with E-state index >= 15 is 0 Å². The Morgan fingerprint density at radius 1 is 0.800 bits per heavy atom. The van der Waals surface area contributed by atoms with Gasteiger partial charge in [0.1, 0.15) is 11.2 Å². The molecule has 4 saturated carbocycles. The van der Waals surface area contributed by atoms with E-state index in [1.807, 2.05) is 12.5 Å². The summed E-state index contributed by atoms with van der Waals surface area (Å²) in [4.78, 5) is 25.1. The Morgan fingerprint density at radius 3 is 1.50 bits per heavy atom. The highest BCUT2D eigenvalue weighted by Gasteiger charge is 2.67. The van der Waals surface area contributed by atoms with Gasteiger partial charge in [-0.05, 0) is 90.6 Å². The highest BCUT2D eigenvalue weighted by atomic mass is 32.2. The summed E-state index contributed by atoms with van der Waals surface area (Å²) < 4.78 is 12.3. The van der Waals surface area contributed by atoms with Crippen LogP contribution < -0.4 is 0 Å². The molecule has 0 spiro atoms. The summed E-state index contributed by atoms with van der Waals surface area (Å²) in [5, 5.41) is 0. The molecule has 4 nitrogen and oxygen atoms in total. The predicted octanol–water partition coefficient (Wildman–Crippen LogP) is 5.72. The van der Waals surface area contributed by atoms with Crippen LogP contribution in [0.1, 0.15) is 79.1 Å². The maximum Gasteiger partial charge on any atom is 0.307 e. The van der Waals surface area contributed by atoms with Crippen molar-refractivity contribution in [3.05, 3.63) is 0 Å². The van der Waals surface area contributed by atoms with E-state index in [2.05, 4.69) is 27.7 Å². The van der Waals surface area contributed by atoms with Gasteiger partial charge in [-0.15, -0.1) is 0 Å². The van der Waals surface area contributed by atoms with Gasteiger partial charge in [0, 0.05) is 22.3 Å². The van der Waals surface area contributed by atoms with Gasteiger partial charge < -0.3 is 9.47 Å². The molecular weight excluding hydrogens is 416 g/mol. The average molecular weight is 457 g/mol. The van der Waals surface area contributed by atoms with Crippen LogP contribution in [0.2, 0.25) is 0 Å². The first-order valence-electron chi connectivity index (χ1n) is 11.4. The molecule has 172 valence electrons. The van der Waals surface area contributed by atoms with E-state index in [1.54, 1.807) is 23.5 Å². The Kier molecular flexibility index (Phi) is 7.19. The maximum atomic E-state index is 12.5. The molecule has 0 aromatic rings. The van der Waals surface area contributed by atoms with Gasteiger partial charge in [-0.2, -0.15) is 23.5 Å². The molecular formula is C24H40O4S2. The molecule has 0 amide bonds. The van der Waals surface area contributed by atoms with E-state index in [1.165, 1.54) is 6.42 Å². The minimum atomic E-state index is -0.496. The minimum Gasteiger partial charge on any atom is -0.459 e. The van der Waals surface area contributed by atoms with Crippen molar-refractivity contribution < 1.29 is 19.1 Å². The van der Waals surface area contributed by atoms with E-state index < -0.39 is 11.2 Å². The molecule has 4 aliphatic carbocycles. The lowest BCUT2D eigenvalue weighted by atomic mass is 9.38. The number of rotatable bonds is 10.